The first-order valence-corrected chi connectivity index (χ1v) is 14.3. The summed E-state index contributed by atoms with van der Waals surface area (Å²) in [7, 11) is 0. The molecule has 1 atom stereocenters. The Balaban J connectivity index is 1.49. The molecule has 246 valence electrons. The summed E-state index contributed by atoms with van der Waals surface area (Å²) in [6.07, 6.45) is -0.225. The van der Waals surface area contributed by atoms with Crippen LogP contribution in [-0.2, 0) is 23.8 Å². The zero-order valence-corrected chi connectivity index (χ0v) is 25.8. The van der Waals surface area contributed by atoms with Crippen LogP contribution in [0.25, 0.3) is 0 Å². The van der Waals surface area contributed by atoms with Crippen LogP contribution in [0.2, 0.25) is 0 Å². The highest BCUT2D eigenvalue weighted by molar-refractivity contribution is 6.06. The van der Waals surface area contributed by atoms with Crippen molar-refractivity contribution < 1.29 is 52.5 Å². The summed E-state index contributed by atoms with van der Waals surface area (Å²) in [6.45, 7) is 3.74. The van der Waals surface area contributed by atoms with Crippen molar-refractivity contribution in [2.24, 2.45) is 0 Å². The van der Waals surface area contributed by atoms with Crippen LogP contribution < -0.4 is 19.7 Å². The minimum atomic E-state index is -0.940. The van der Waals surface area contributed by atoms with Crippen molar-refractivity contribution in [3.05, 3.63) is 89.5 Å². The Hall–Kier alpha value is -6.05. The van der Waals surface area contributed by atoms with Crippen molar-refractivity contribution >= 4 is 47.7 Å². The molecule has 2 N–H and O–H groups in total. The number of nitrogens with one attached hydrogen (secondary N) is 2. The fourth-order valence-corrected chi connectivity index (χ4v) is 3.95. The maximum Gasteiger partial charge on any atom is 0.419 e. The van der Waals surface area contributed by atoms with E-state index in [9.17, 15) is 28.8 Å². The molecule has 0 radical (unpaired) electrons. The van der Waals surface area contributed by atoms with Gasteiger partial charge >= 0.3 is 24.0 Å². The van der Waals surface area contributed by atoms with Gasteiger partial charge in [-0.25, -0.2) is 19.3 Å². The predicted octanol–water partition coefficient (Wildman–Crippen LogP) is 3.96. The highest BCUT2D eigenvalue weighted by atomic mass is 16.6. The van der Waals surface area contributed by atoms with E-state index in [2.05, 4.69) is 5.32 Å². The molecule has 0 saturated heterocycles. The lowest BCUT2D eigenvalue weighted by Gasteiger charge is -2.18. The number of Topliss-reactive ketones (excluding diaryl/α,β-unsaturated/α-hetero) is 1. The standard InChI is InChI=1S/C33H33N3O11/c1-4-43-29(38)19-46-26-15-11-23(12-16-26)30(39)21(2)35-31(40)24-9-13-25(14-10-24)36(20-34)33(42)45-18-17-44-32(41)27-7-5-6-8-28(27)47-22(3)37/h5-16,20-21,34H,4,17-19H2,1-3H3,(H,35,40)/t21-/m0/s1. The number of benzene rings is 3. The van der Waals surface area contributed by atoms with Crippen LogP contribution in [0.5, 0.6) is 11.5 Å². The number of amides is 2. The van der Waals surface area contributed by atoms with Gasteiger partial charge in [0.2, 0.25) is 0 Å². The molecule has 3 aromatic rings. The van der Waals surface area contributed by atoms with Gasteiger partial charge in [0.05, 0.1) is 24.7 Å². The number of anilines is 1. The molecular weight excluding hydrogens is 614 g/mol. The number of para-hydroxylation sites is 1. The Labute approximate surface area is 270 Å². The van der Waals surface area contributed by atoms with Crippen LogP contribution in [0.1, 0.15) is 51.8 Å². The minimum Gasteiger partial charge on any atom is -0.482 e. The van der Waals surface area contributed by atoms with E-state index in [4.69, 9.17) is 29.1 Å². The molecule has 14 nitrogen and oxygen atoms in total. The van der Waals surface area contributed by atoms with Gasteiger partial charge in [-0.2, -0.15) is 0 Å². The highest BCUT2D eigenvalue weighted by Gasteiger charge is 2.21. The van der Waals surface area contributed by atoms with E-state index in [1.54, 1.807) is 19.1 Å². The van der Waals surface area contributed by atoms with E-state index < -0.39 is 36.0 Å². The van der Waals surface area contributed by atoms with Gasteiger partial charge in [-0.1, -0.05) is 12.1 Å². The van der Waals surface area contributed by atoms with Crippen molar-refractivity contribution in [2.45, 2.75) is 26.8 Å². The third-order valence-corrected chi connectivity index (χ3v) is 6.18. The van der Waals surface area contributed by atoms with Gasteiger partial charge in [0, 0.05) is 18.1 Å². The summed E-state index contributed by atoms with van der Waals surface area (Å²) in [5, 5.41) is 10.2. The van der Waals surface area contributed by atoms with Crippen molar-refractivity contribution in [1.29, 1.82) is 5.41 Å². The first-order chi connectivity index (χ1) is 22.5. The number of ether oxygens (including phenoxy) is 5. The summed E-state index contributed by atoms with van der Waals surface area (Å²) in [4.78, 5) is 74.1. The average molecular weight is 648 g/mol. The molecule has 0 heterocycles. The molecule has 0 bridgehead atoms. The molecule has 3 aromatic carbocycles. The van der Waals surface area contributed by atoms with Gasteiger partial charge in [0.1, 0.15) is 30.3 Å². The highest BCUT2D eigenvalue weighted by Crippen LogP contribution is 2.20. The van der Waals surface area contributed by atoms with E-state index in [1.807, 2.05) is 0 Å². The lowest BCUT2D eigenvalue weighted by atomic mass is 10.0. The van der Waals surface area contributed by atoms with Gasteiger partial charge in [0.15, 0.2) is 12.4 Å². The Morgan fingerprint density at radius 3 is 2.13 bits per heavy atom. The first-order valence-electron chi connectivity index (χ1n) is 14.3. The molecule has 0 unspecified atom stereocenters. The van der Waals surface area contributed by atoms with E-state index in [0.717, 1.165) is 4.90 Å². The molecule has 0 spiro atoms. The molecule has 0 aliphatic heterocycles. The lowest BCUT2D eigenvalue weighted by molar-refractivity contribution is -0.145. The minimum absolute atomic E-state index is 0.0196. The largest absolute Gasteiger partial charge is 0.482 e. The number of nitrogens with zero attached hydrogens (tertiary/aromatic N) is 1. The van der Waals surface area contributed by atoms with Gasteiger partial charge in [-0.05, 0) is 74.5 Å². The fraction of sp³-hybridized carbons (Fsp3) is 0.242. The number of carbonyl (C=O) groups is 6. The molecule has 0 aromatic heterocycles. The summed E-state index contributed by atoms with van der Waals surface area (Å²) >= 11 is 0. The number of hydrogen-bond donors (Lipinski definition) is 2. The molecule has 14 heteroatoms. The lowest BCUT2D eigenvalue weighted by Crippen LogP contribution is -2.38. The summed E-state index contributed by atoms with van der Waals surface area (Å²) < 4.78 is 25.3. The smallest absolute Gasteiger partial charge is 0.419 e. The van der Waals surface area contributed by atoms with Crippen molar-refractivity contribution in [2.75, 3.05) is 31.3 Å². The molecule has 2 amide bonds. The molecular formula is C33H33N3O11. The molecule has 0 saturated carbocycles. The van der Waals surface area contributed by atoms with E-state index in [1.165, 1.54) is 74.5 Å². The zero-order valence-electron chi connectivity index (χ0n) is 25.8. The van der Waals surface area contributed by atoms with Crippen LogP contribution in [0, 0.1) is 5.41 Å². The third kappa shape index (κ3) is 10.5. The Morgan fingerprint density at radius 1 is 0.851 bits per heavy atom. The number of esters is 3. The molecule has 3 rings (SSSR count). The number of carbonyl (C=O) groups excluding carboxylic acids is 6. The normalized spacial score (nSPS) is 10.9. The second-order valence-corrected chi connectivity index (χ2v) is 9.56. The van der Waals surface area contributed by atoms with Gasteiger partial charge in [-0.3, -0.25) is 19.8 Å². The van der Waals surface area contributed by atoms with E-state index in [0.29, 0.717) is 17.7 Å². The van der Waals surface area contributed by atoms with Crippen molar-refractivity contribution in [3.63, 3.8) is 0 Å². The zero-order chi connectivity index (χ0) is 34.3. The number of ketones is 1. The quantitative estimate of drug-likeness (QED) is 0.0462. The number of rotatable bonds is 15. The van der Waals surface area contributed by atoms with Gasteiger partial charge in [-0.15, -0.1) is 0 Å². The monoisotopic (exact) mass is 647 g/mol. The summed E-state index contributed by atoms with van der Waals surface area (Å²) in [5.74, 6) is -2.42. The Morgan fingerprint density at radius 2 is 1.49 bits per heavy atom. The van der Waals surface area contributed by atoms with E-state index in [-0.39, 0.29) is 54.8 Å². The average Bonchev–Trinajstić information content (AvgIpc) is 3.06. The summed E-state index contributed by atoms with van der Waals surface area (Å²) in [6, 6.07) is 16.8. The second-order valence-electron chi connectivity index (χ2n) is 9.56. The third-order valence-electron chi connectivity index (χ3n) is 6.18. The van der Waals surface area contributed by atoms with Crippen LogP contribution in [0.4, 0.5) is 10.5 Å². The van der Waals surface area contributed by atoms with Crippen LogP contribution in [0.15, 0.2) is 72.8 Å². The molecule has 0 fully saturated rings. The van der Waals surface area contributed by atoms with Crippen LogP contribution in [-0.4, -0.2) is 74.5 Å². The second kappa shape index (κ2) is 17.4. The first kappa shape index (κ1) is 35.4. The SMILES string of the molecule is CCOC(=O)COc1ccc(C(=O)[C@H](C)NC(=O)c2ccc(N(C=N)C(=O)OCCOC(=O)c3ccccc3OC(C)=O)cc2)cc1. The Kier molecular flexibility index (Phi) is 13.1. The maximum absolute atomic E-state index is 12.8. The molecule has 47 heavy (non-hydrogen) atoms. The van der Waals surface area contributed by atoms with Crippen LogP contribution in [0.3, 0.4) is 0 Å². The fourth-order valence-electron chi connectivity index (χ4n) is 3.95. The predicted molar refractivity (Wildman–Crippen MR) is 167 cm³/mol. The molecule has 0 aliphatic rings. The summed E-state index contributed by atoms with van der Waals surface area (Å²) in [5.41, 5.74) is 0.739. The van der Waals surface area contributed by atoms with E-state index >= 15 is 0 Å². The van der Waals surface area contributed by atoms with Gasteiger partial charge in [0.25, 0.3) is 5.91 Å². The Bertz CT molecular complexity index is 1600. The maximum atomic E-state index is 12.8. The van der Waals surface area contributed by atoms with Crippen molar-refractivity contribution in [1.82, 2.24) is 5.32 Å². The molecule has 0 aliphatic carbocycles. The topological polar surface area (TPSA) is 188 Å². The number of hydrogen-bond acceptors (Lipinski definition) is 12. The van der Waals surface area contributed by atoms with Crippen LogP contribution >= 0.6 is 0 Å². The van der Waals surface area contributed by atoms with Gasteiger partial charge < -0.3 is 29.0 Å². The van der Waals surface area contributed by atoms with Crippen molar-refractivity contribution in [3.8, 4) is 11.5 Å².